The van der Waals surface area contributed by atoms with Gasteiger partial charge in [0, 0.05) is 86.6 Å². The third-order valence-corrected chi connectivity index (χ3v) is 11.5. The summed E-state index contributed by atoms with van der Waals surface area (Å²) in [5.74, 6) is 2.74. The third-order valence-electron chi connectivity index (χ3n) is 9.15. The topological polar surface area (TPSA) is 76.1 Å². The fourth-order valence-corrected chi connectivity index (χ4v) is 8.88. The first-order chi connectivity index (χ1) is 23.3. The molecule has 7 rings (SSSR count). The maximum atomic E-state index is 13.5. The number of hydrogen-bond acceptors (Lipinski definition) is 7. The highest BCUT2D eigenvalue weighted by molar-refractivity contribution is 7.98. The number of methoxy groups -OCH3 is 1. The molecule has 0 saturated heterocycles. The van der Waals surface area contributed by atoms with Gasteiger partial charge in [-0.3, -0.25) is 9.36 Å². The molecule has 0 unspecified atom stereocenters. The van der Waals surface area contributed by atoms with Crippen LogP contribution in [0.1, 0.15) is 52.2 Å². The average molecular weight is 700 g/mol. The molecule has 8 bridgehead atoms. The lowest BCUT2D eigenvalue weighted by atomic mass is 9.96. The molecule has 0 spiro atoms. The summed E-state index contributed by atoms with van der Waals surface area (Å²) in [6, 6.07) is 18.9. The molecule has 0 saturated carbocycles. The Hall–Kier alpha value is -3.86. The Morgan fingerprint density at radius 1 is 1.02 bits per heavy atom. The number of nitrogens with zero attached hydrogens (tertiary/aromatic N) is 5. The molecule has 1 aliphatic rings. The Morgan fingerprint density at radius 3 is 2.67 bits per heavy atom. The highest BCUT2D eigenvalue weighted by atomic mass is 35.5. The number of thioether (sulfide) groups is 2. The molecule has 0 N–H and O–H groups in total. The monoisotopic (exact) mass is 699 g/mol. The summed E-state index contributed by atoms with van der Waals surface area (Å²) in [6.45, 7) is 5.21. The summed E-state index contributed by atoms with van der Waals surface area (Å²) in [6.07, 6.45) is 1.33. The summed E-state index contributed by atoms with van der Waals surface area (Å²) >= 11 is 10.7. The van der Waals surface area contributed by atoms with Crippen LogP contribution in [-0.2, 0) is 49.1 Å². The summed E-state index contributed by atoms with van der Waals surface area (Å²) in [5, 5.41) is 13.6. The number of halogens is 1. The Kier molecular flexibility index (Phi) is 9.24. The number of fused-ring (bicyclic) bond motifs is 8. The lowest BCUT2D eigenvalue weighted by Gasteiger charge is -2.14. The number of hydrogen-bond donors (Lipinski definition) is 0. The lowest BCUT2D eigenvalue weighted by molar-refractivity contribution is 0.0587. The predicted molar refractivity (Wildman–Crippen MR) is 196 cm³/mol. The van der Waals surface area contributed by atoms with Crippen LogP contribution in [0.3, 0.4) is 0 Å². The summed E-state index contributed by atoms with van der Waals surface area (Å²) in [5.41, 5.74) is 8.55. The van der Waals surface area contributed by atoms with Crippen LogP contribution in [0, 0.1) is 6.92 Å². The summed E-state index contributed by atoms with van der Waals surface area (Å²) in [7, 11) is 5.43. The summed E-state index contributed by atoms with van der Waals surface area (Å²) < 4.78 is 17.9. The zero-order valence-electron chi connectivity index (χ0n) is 27.8. The van der Waals surface area contributed by atoms with Crippen LogP contribution in [0.5, 0.6) is 5.75 Å². The molecule has 6 aromatic rings. The molecule has 0 amide bonds. The van der Waals surface area contributed by atoms with Crippen molar-refractivity contribution in [3.63, 3.8) is 0 Å². The van der Waals surface area contributed by atoms with E-state index in [2.05, 4.69) is 54.8 Å². The van der Waals surface area contributed by atoms with Gasteiger partial charge in [-0.15, -0.1) is 23.5 Å². The first-order valence-electron chi connectivity index (χ1n) is 16.1. The van der Waals surface area contributed by atoms with Gasteiger partial charge in [-0.2, -0.15) is 10.2 Å². The maximum absolute atomic E-state index is 13.5. The van der Waals surface area contributed by atoms with Crippen molar-refractivity contribution in [2.75, 3.05) is 13.7 Å². The fourth-order valence-electron chi connectivity index (χ4n) is 6.80. The SMILES string of the molecule is CCc1c(C(=O)OC)n2c3ccc(Cl)c(c13)-c1c(nn(C)c1C)CSCc1cc(n(C)n1)CSc1cc(c3ccccc3c1)OCCC2. The minimum absolute atomic E-state index is 0.357. The van der Waals surface area contributed by atoms with Gasteiger partial charge in [0.05, 0.1) is 25.1 Å². The zero-order chi connectivity index (χ0) is 33.5. The van der Waals surface area contributed by atoms with E-state index in [1.165, 1.54) is 12.8 Å². The highest BCUT2D eigenvalue weighted by Crippen LogP contribution is 2.44. The highest BCUT2D eigenvalue weighted by Gasteiger charge is 2.28. The van der Waals surface area contributed by atoms with E-state index in [1.54, 1.807) is 23.5 Å². The zero-order valence-corrected chi connectivity index (χ0v) is 30.2. The predicted octanol–water partition coefficient (Wildman–Crippen LogP) is 8.75. The van der Waals surface area contributed by atoms with Gasteiger partial charge in [-0.1, -0.05) is 42.8 Å². The van der Waals surface area contributed by atoms with Gasteiger partial charge in [-0.25, -0.2) is 4.79 Å². The van der Waals surface area contributed by atoms with Crippen molar-refractivity contribution in [1.29, 1.82) is 0 Å². The maximum Gasteiger partial charge on any atom is 0.354 e. The first-order valence-corrected chi connectivity index (χ1v) is 18.6. The Morgan fingerprint density at radius 2 is 1.85 bits per heavy atom. The van der Waals surface area contributed by atoms with Crippen molar-refractivity contribution in [3.05, 3.63) is 93.7 Å². The Bertz CT molecular complexity index is 2180. The van der Waals surface area contributed by atoms with E-state index in [0.717, 1.165) is 77.6 Å². The summed E-state index contributed by atoms with van der Waals surface area (Å²) in [4.78, 5) is 14.6. The molecular weight excluding hydrogens is 662 g/mol. The molecule has 3 aromatic heterocycles. The van der Waals surface area contributed by atoms with E-state index < -0.39 is 0 Å². The Balaban J connectivity index is 1.38. The number of ether oxygens (including phenoxy) is 2. The molecule has 11 heteroatoms. The van der Waals surface area contributed by atoms with E-state index in [1.807, 2.05) is 41.7 Å². The number of carbonyl (C=O) groups excluding carboxylic acids is 1. The Labute approximate surface area is 293 Å². The molecule has 8 nitrogen and oxygen atoms in total. The third kappa shape index (κ3) is 5.88. The largest absolute Gasteiger partial charge is 0.493 e. The van der Waals surface area contributed by atoms with Crippen LogP contribution in [0.4, 0.5) is 0 Å². The number of aryl methyl sites for hydroxylation is 4. The standard InChI is InChI=1S/C37H38ClN5O3S2/c1-6-27-34-31-13-12-29(38)35(34)33-22(2)41(3)40-30(33)21-47-19-24-17-25(42(4)39-24)20-48-26-16-23-10-7-8-11-28(23)32(18-26)46-15-9-14-43(31)36(27)37(44)45-5/h7-8,10-13,16-18H,6,9,14-15,19-21H2,1-5H3. The second-order valence-corrected chi connectivity index (χ2v) is 14.5. The second-order valence-electron chi connectivity index (χ2n) is 12.0. The van der Waals surface area contributed by atoms with Crippen molar-refractivity contribution in [2.24, 2.45) is 14.1 Å². The van der Waals surface area contributed by atoms with Gasteiger partial charge in [0.2, 0.25) is 0 Å². The number of carbonyl (C=O) groups is 1. The van der Waals surface area contributed by atoms with Gasteiger partial charge < -0.3 is 14.0 Å². The minimum Gasteiger partial charge on any atom is -0.493 e. The molecule has 0 aliphatic carbocycles. The van der Waals surface area contributed by atoms with Crippen molar-refractivity contribution in [3.8, 4) is 16.9 Å². The lowest BCUT2D eigenvalue weighted by Crippen LogP contribution is -2.14. The van der Waals surface area contributed by atoms with Crippen LogP contribution in [0.15, 0.2) is 59.5 Å². The van der Waals surface area contributed by atoms with Crippen molar-refractivity contribution in [2.45, 2.75) is 55.4 Å². The fraction of sp³-hybridized carbons (Fsp3) is 0.324. The molecule has 4 heterocycles. The molecule has 248 valence electrons. The van der Waals surface area contributed by atoms with Gasteiger partial charge in [-0.05, 0) is 61.0 Å². The van der Waals surface area contributed by atoms with Crippen molar-refractivity contribution < 1.29 is 14.3 Å². The molecule has 0 radical (unpaired) electrons. The number of benzene rings is 3. The van der Waals surface area contributed by atoms with Gasteiger partial charge in [0.15, 0.2) is 0 Å². The number of aromatic nitrogens is 5. The molecular formula is C37H38ClN5O3S2. The molecule has 0 atom stereocenters. The van der Waals surface area contributed by atoms with Crippen LogP contribution < -0.4 is 4.74 Å². The van der Waals surface area contributed by atoms with Gasteiger partial charge >= 0.3 is 5.97 Å². The van der Waals surface area contributed by atoms with E-state index in [9.17, 15) is 4.79 Å². The quantitative estimate of drug-likeness (QED) is 0.167. The second kappa shape index (κ2) is 13.6. The number of esters is 1. The van der Waals surface area contributed by atoms with Gasteiger partial charge in [0.25, 0.3) is 0 Å². The van der Waals surface area contributed by atoms with Crippen LogP contribution in [0.2, 0.25) is 5.02 Å². The molecule has 3 aromatic carbocycles. The van der Waals surface area contributed by atoms with E-state index in [4.69, 9.17) is 31.3 Å². The minimum atomic E-state index is -0.357. The van der Waals surface area contributed by atoms with Crippen molar-refractivity contribution >= 4 is 62.8 Å². The molecule has 0 fully saturated rings. The van der Waals surface area contributed by atoms with Crippen molar-refractivity contribution in [1.82, 2.24) is 24.1 Å². The molecule has 48 heavy (non-hydrogen) atoms. The molecule has 1 aliphatic heterocycles. The van der Waals surface area contributed by atoms with Crippen LogP contribution in [-0.4, -0.2) is 43.8 Å². The normalized spacial score (nSPS) is 14.1. The first kappa shape index (κ1) is 32.7. The number of rotatable bonds is 2. The van der Waals surface area contributed by atoms with Crippen LogP contribution in [0.25, 0.3) is 32.8 Å². The van der Waals surface area contributed by atoms with E-state index >= 15 is 0 Å². The van der Waals surface area contributed by atoms with Crippen LogP contribution >= 0.6 is 35.1 Å². The van der Waals surface area contributed by atoms with E-state index in [-0.39, 0.29) is 5.97 Å². The van der Waals surface area contributed by atoms with E-state index in [0.29, 0.717) is 42.5 Å². The average Bonchev–Trinajstić information content (AvgIpc) is 3.70. The van der Waals surface area contributed by atoms with Gasteiger partial charge in [0.1, 0.15) is 11.4 Å². The smallest absolute Gasteiger partial charge is 0.354 e.